The van der Waals surface area contributed by atoms with Crippen molar-refractivity contribution in [2.24, 2.45) is 11.3 Å². The van der Waals surface area contributed by atoms with Crippen LogP contribution >= 0.6 is 0 Å². The first-order valence-corrected chi connectivity index (χ1v) is 12.4. The maximum absolute atomic E-state index is 13.8. The minimum Gasteiger partial charge on any atom is -0.493 e. The third-order valence-electron chi connectivity index (χ3n) is 7.63. The number of nitrogens with zero attached hydrogens (tertiary/aromatic N) is 1. The Labute approximate surface area is 202 Å². The van der Waals surface area contributed by atoms with Crippen molar-refractivity contribution in [1.29, 1.82) is 0 Å². The molecule has 1 saturated heterocycles. The number of benzene rings is 1. The number of ether oxygens (including phenoxy) is 1. The molecule has 0 aromatic heterocycles. The highest BCUT2D eigenvalue weighted by Gasteiger charge is 2.49. The summed E-state index contributed by atoms with van der Waals surface area (Å²) in [6, 6.07) is 4.44. The van der Waals surface area contributed by atoms with E-state index in [9.17, 15) is 14.4 Å². The lowest BCUT2D eigenvalue weighted by Crippen LogP contribution is -2.60. The Hall–Kier alpha value is -2.61. The van der Waals surface area contributed by atoms with Gasteiger partial charge in [-0.05, 0) is 62.3 Å². The summed E-state index contributed by atoms with van der Waals surface area (Å²) in [4.78, 5) is 41.4. The van der Waals surface area contributed by atoms with E-state index < -0.39 is 17.5 Å². The normalized spacial score (nSPS) is 25.2. The summed E-state index contributed by atoms with van der Waals surface area (Å²) in [6.07, 6.45) is 3.62. The Balaban J connectivity index is 1.49. The van der Waals surface area contributed by atoms with E-state index in [1.54, 1.807) is 14.0 Å². The van der Waals surface area contributed by atoms with Gasteiger partial charge in [0.25, 0.3) is 5.91 Å². The van der Waals surface area contributed by atoms with Gasteiger partial charge in [-0.1, -0.05) is 26.8 Å². The number of likely N-dealkylation sites (N-methyl/N-ethyl adjacent to an activating group) is 1. The van der Waals surface area contributed by atoms with Crippen molar-refractivity contribution in [1.82, 2.24) is 20.9 Å². The summed E-state index contributed by atoms with van der Waals surface area (Å²) in [6.45, 7) is 8.99. The molecule has 0 bridgehead atoms. The molecule has 3 amide bonds. The average molecular weight is 471 g/mol. The molecule has 0 radical (unpaired) electrons. The molecule has 0 spiro atoms. The molecule has 3 N–H and O–H groups in total. The number of likely N-dealkylation sites (tertiary alicyclic amines) is 1. The Morgan fingerprint density at radius 1 is 1.15 bits per heavy atom. The minimum atomic E-state index is -0.639. The second-order valence-electron chi connectivity index (χ2n) is 11.0. The van der Waals surface area contributed by atoms with Crippen molar-refractivity contribution in [3.05, 3.63) is 29.3 Å². The van der Waals surface area contributed by atoms with Crippen LogP contribution in [0.2, 0.25) is 0 Å². The molecule has 4 rings (SSSR count). The van der Waals surface area contributed by atoms with Crippen LogP contribution in [0.4, 0.5) is 0 Å². The molecule has 5 atom stereocenters. The summed E-state index contributed by atoms with van der Waals surface area (Å²) >= 11 is 0. The van der Waals surface area contributed by atoms with Crippen LogP contribution < -0.4 is 20.7 Å². The molecule has 1 aromatic carbocycles. The van der Waals surface area contributed by atoms with Crippen LogP contribution in [0.1, 0.15) is 62.9 Å². The molecule has 8 heteroatoms. The number of nitrogens with one attached hydrogen (secondary N) is 3. The third-order valence-corrected chi connectivity index (χ3v) is 7.63. The Morgan fingerprint density at radius 3 is 2.62 bits per heavy atom. The van der Waals surface area contributed by atoms with Gasteiger partial charge in [0.05, 0.1) is 18.7 Å². The predicted octanol–water partition coefficient (Wildman–Crippen LogP) is 1.87. The lowest BCUT2D eigenvalue weighted by atomic mass is 9.85. The van der Waals surface area contributed by atoms with Gasteiger partial charge >= 0.3 is 0 Å². The first-order chi connectivity index (χ1) is 16.1. The van der Waals surface area contributed by atoms with E-state index in [2.05, 4.69) is 16.0 Å². The molecular weight excluding hydrogens is 432 g/mol. The highest BCUT2D eigenvalue weighted by atomic mass is 16.5. The van der Waals surface area contributed by atoms with E-state index in [0.29, 0.717) is 24.6 Å². The maximum atomic E-state index is 13.8. The highest BCUT2D eigenvalue weighted by Crippen LogP contribution is 2.39. The van der Waals surface area contributed by atoms with Crippen molar-refractivity contribution in [2.45, 2.75) is 77.5 Å². The van der Waals surface area contributed by atoms with Crippen LogP contribution in [0.15, 0.2) is 18.2 Å². The lowest BCUT2D eigenvalue weighted by molar-refractivity contribution is -0.141. The molecule has 2 fully saturated rings. The van der Waals surface area contributed by atoms with E-state index in [4.69, 9.17) is 4.74 Å². The fraction of sp³-hybridized carbons (Fsp3) is 0.654. The fourth-order valence-corrected chi connectivity index (χ4v) is 5.49. The summed E-state index contributed by atoms with van der Waals surface area (Å²) < 4.78 is 5.62. The van der Waals surface area contributed by atoms with Gasteiger partial charge in [0, 0.05) is 24.6 Å². The van der Waals surface area contributed by atoms with Gasteiger partial charge in [0.15, 0.2) is 0 Å². The lowest BCUT2D eigenvalue weighted by Gasteiger charge is -2.37. The molecule has 2 aliphatic heterocycles. The van der Waals surface area contributed by atoms with E-state index >= 15 is 0 Å². The molecular formula is C26H38N4O4. The highest BCUT2D eigenvalue weighted by molar-refractivity contribution is 5.95. The van der Waals surface area contributed by atoms with Gasteiger partial charge in [-0.25, -0.2) is 0 Å². The standard InChI is InChI=1S/C26H38N4O4/c1-15(27-5)23(31)29-22(26(2,3)4)25(33)30-12-10-17-8-9-19(21(17)30)28-24(32)18-7-6-16-11-13-34-20(16)14-18/h6-7,14-15,17,19,21-22,27H,8-13H2,1-5H3,(H,28,32)(H,29,31)/t15-,17+,19-,21-,22+/m0/s1. The molecule has 3 aliphatic rings. The zero-order chi connectivity index (χ0) is 24.6. The summed E-state index contributed by atoms with van der Waals surface area (Å²) in [7, 11) is 1.72. The zero-order valence-electron chi connectivity index (χ0n) is 20.9. The van der Waals surface area contributed by atoms with Crippen LogP contribution in [0.25, 0.3) is 0 Å². The van der Waals surface area contributed by atoms with Crippen LogP contribution in [-0.4, -0.2) is 67.0 Å². The SMILES string of the molecule is CN[C@@H](C)C(=O)N[C@H](C(=O)N1CC[C@H]2CC[C@H](NC(=O)c3ccc4c(c3)OCC4)[C@H]21)C(C)(C)C. The van der Waals surface area contributed by atoms with Crippen molar-refractivity contribution in [2.75, 3.05) is 20.2 Å². The van der Waals surface area contributed by atoms with Crippen LogP contribution in [-0.2, 0) is 16.0 Å². The summed E-state index contributed by atoms with van der Waals surface area (Å²) in [5.41, 5.74) is 1.27. The van der Waals surface area contributed by atoms with Gasteiger partial charge in [0.2, 0.25) is 11.8 Å². The number of hydrogen-bond acceptors (Lipinski definition) is 5. The topological polar surface area (TPSA) is 99.8 Å². The van der Waals surface area contributed by atoms with Crippen molar-refractivity contribution >= 4 is 17.7 Å². The Bertz CT molecular complexity index is 957. The van der Waals surface area contributed by atoms with Gasteiger partial charge in [0.1, 0.15) is 11.8 Å². The second-order valence-corrected chi connectivity index (χ2v) is 11.0. The molecule has 1 aromatic rings. The Morgan fingerprint density at radius 2 is 1.91 bits per heavy atom. The van der Waals surface area contributed by atoms with E-state index in [1.807, 2.05) is 43.9 Å². The maximum Gasteiger partial charge on any atom is 0.251 e. The van der Waals surface area contributed by atoms with Crippen LogP contribution in [0.5, 0.6) is 5.75 Å². The van der Waals surface area contributed by atoms with E-state index in [1.165, 1.54) is 0 Å². The third kappa shape index (κ3) is 4.78. The molecule has 1 saturated carbocycles. The number of carbonyl (C=O) groups excluding carboxylic acids is 3. The molecule has 34 heavy (non-hydrogen) atoms. The molecule has 186 valence electrons. The fourth-order valence-electron chi connectivity index (χ4n) is 5.49. The van der Waals surface area contributed by atoms with Crippen LogP contribution in [0.3, 0.4) is 0 Å². The number of hydrogen-bond donors (Lipinski definition) is 3. The van der Waals surface area contributed by atoms with Gasteiger partial charge in [-0.15, -0.1) is 0 Å². The first kappa shape index (κ1) is 24.5. The first-order valence-electron chi connectivity index (χ1n) is 12.4. The van der Waals surface area contributed by atoms with Crippen molar-refractivity contribution in [3.63, 3.8) is 0 Å². The Kier molecular flexibility index (Phi) is 6.90. The number of carbonyl (C=O) groups is 3. The molecule has 8 nitrogen and oxygen atoms in total. The van der Waals surface area contributed by atoms with E-state index in [-0.39, 0.29) is 29.8 Å². The quantitative estimate of drug-likeness (QED) is 0.590. The van der Waals surface area contributed by atoms with Gasteiger partial charge < -0.3 is 25.6 Å². The molecule has 1 aliphatic carbocycles. The summed E-state index contributed by atoms with van der Waals surface area (Å²) in [5, 5.41) is 9.11. The monoisotopic (exact) mass is 470 g/mol. The van der Waals surface area contributed by atoms with Crippen molar-refractivity contribution in [3.8, 4) is 5.75 Å². The number of fused-ring (bicyclic) bond motifs is 2. The number of rotatable bonds is 6. The van der Waals surface area contributed by atoms with Gasteiger partial charge in [-0.3, -0.25) is 14.4 Å². The summed E-state index contributed by atoms with van der Waals surface area (Å²) in [5.74, 6) is 0.761. The number of amides is 3. The minimum absolute atomic E-state index is 0.0504. The predicted molar refractivity (Wildman–Crippen MR) is 130 cm³/mol. The zero-order valence-corrected chi connectivity index (χ0v) is 20.9. The van der Waals surface area contributed by atoms with Crippen LogP contribution in [0, 0.1) is 11.3 Å². The molecule has 2 heterocycles. The largest absolute Gasteiger partial charge is 0.493 e. The van der Waals surface area contributed by atoms with E-state index in [0.717, 1.165) is 37.0 Å². The molecule has 0 unspecified atom stereocenters. The second kappa shape index (κ2) is 9.56. The van der Waals surface area contributed by atoms with Gasteiger partial charge in [-0.2, -0.15) is 0 Å². The average Bonchev–Trinajstić information content (AvgIpc) is 3.52. The van der Waals surface area contributed by atoms with Crippen molar-refractivity contribution < 1.29 is 19.1 Å². The smallest absolute Gasteiger partial charge is 0.251 e.